The maximum Gasteiger partial charge on any atom is 0.351 e. The van der Waals surface area contributed by atoms with Crippen molar-refractivity contribution in [3.63, 3.8) is 0 Å². The fourth-order valence-corrected chi connectivity index (χ4v) is 2.62. The maximum absolute atomic E-state index is 5.65. The molecule has 3 aliphatic heterocycles. The Labute approximate surface area is 90.4 Å². The van der Waals surface area contributed by atoms with Crippen molar-refractivity contribution in [1.82, 2.24) is 0 Å². The molecule has 3 aliphatic rings. The third kappa shape index (κ3) is 1.01. The number of hydrogen-bond donors (Lipinski definition) is 0. The molecular formula is C12H18O3. The number of unbranched alkanes of at least 4 members (excludes halogenated alkanes) is 4. The largest absolute Gasteiger partial charge is 0.351 e. The van der Waals surface area contributed by atoms with Gasteiger partial charge in [0.15, 0.2) is 5.60 Å². The van der Waals surface area contributed by atoms with Gasteiger partial charge in [-0.2, -0.15) is 0 Å². The number of hydrogen-bond acceptors (Lipinski definition) is 3. The summed E-state index contributed by atoms with van der Waals surface area (Å²) in [5.41, 5.74) is -0.334. The van der Waals surface area contributed by atoms with E-state index in [-0.39, 0.29) is 5.60 Å². The molecule has 0 aromatic heterocycles. The van der Waals surface area contributed by atoms with E-state index < -0.39 is 11.8 Å². The second-order valence-electron chi connectivity index (χ2n) is 4.74. The monoisotopic (exact) mass is 210 g/mol. The minimum absolute atomic E-state index is 0.334. The Morgan fingerprint density at radius 1 is 1.07 bits per heavy atom. The highest BCUT2D eigenvalue weighted by molar-refractivity contribution is 5.37. The van der Waals surface area contributed by atoms with Crippen LogP contribution in [0.3, 0.4) is 0 Å². The first-order chi connectivity index (χ1) is 7.24. The molecule has 0 saturated carbocycles. The number of epoxide rings is 2. The zero-order chi connectivity index (χ0) is 10.6. The molecule has 1 atom stereocenters. The van der Waals surface area contributed by atoms with Crippen molar-refractivity contribution in [3.8, 4) is 0 Å². The van der Waals surface area contributed by atoms with Gasteiger partial charge < -0.3 is 4.74 Å². The molecule has 0 bridgehead atoms. The number of ether oxygens (including phenoxy) is 3. The van der Waals surface area contributed by atoms with Crippen LogP contribution in [-0.2, 0) is 14.2 Å². The fraction of sp³-hybridized carbons (Fsp3) is 0.833. The summed E-state index contributed by atoms with van der Waals surface area (Å²) < 4.78 is 16.4. The molecule has 0 N–H and O–H groups in total. The Morgan fingerprint density at radius 3 is 2.27 bits per heavy atom. The summed E-state index contributed by atoms with van der Waals surface area (Å²) >= 11 is 0. The molecule has 3 heteroatoms. The van der Waals surface area contributed by atoms with Crippen LogP contribution in [0.2, 0.25) is 0 Å². The van der Waals surface area contributed by atoms with Crippen LogP contribution in [0.1, 0.15) is 45.4 Å². The highest BCUT2D eigenvalue weighted by atomic mass is 17.2. The molecule has 0 amide bonds. The molecule has 3 nitrogen and oxygen atoms in total. The molecule has 3 heterocycles. The first-order valence-corrected chi connectivity index (χ1v) is 5.98. The van der Waals surface area contributed by atoms with Crippen LogP contribution in [0.5, 0.6) is 0 Å². The average molecular weight is 210 g/mol. The van der Waals surface area contributed by atoms with Gasteiger partial charge in [0, 0.05) is 0 Å². The molecule has 3 rings (SSSR count). The molecule has 0 aromatic rings. The fourth-order valence-electron chi connectivity index (χ4n) is 2.62. The minimum Gasteiger partial charge on any atom is -0.306 e. The van der Waals surface area contributed by atoms with Crippen molar-refractivity contribution in [2.45, 2.75) is 62.8 Å². The quantitative estimate of drug-likeness (QED) is 0.368. The third-order valence-corrected chi connectivity index (χ3v) is 3.73. The lowest BCUT2D eigenvalue weighted by Crippen LogP contribution is -2.47. The van der Waals surface area contributed by atoms with Gasteiger partial charge in [0.2, 0.25) is 0 Å². The van der Waals surface area contributed by atoms with Gasteiger partial charge >= 0.3 is 5.97 Å². The summed E-state index contributed by atoms with van der Waals surface area (Å²) in [5.74, 6) is -1.00. The molecule has 0 spiro atoms. The van der Waals surface area contributed by atoms with Gasteiger partial charge in [-0.1, -0.05) is 45.1 Å². The normalized spacial score (nSPS) is 48.9. The van der Waals surface area contributed by atoms with E-state index in [0.717, 1.165) is 12.8 Å². The zero-order valence-electron chi connectivity index (χ0n) is 9.25. The van der Waals surface area contributed by atoms with Crippen LogP contribution >= 0.6 is 0 Å². The summed E-state index contributed by atoms with van der Waals surface area (Å²) in [6.07, 6.45) is 9.16. The smallest absolute Gasteiger partial charge is 0.306 e. The molecule has 0 aromatic carbocycles. The van der Waals surface area contributed by atoms with Crippen molar-refractivity contribution in [1.29, 1.82) is 0 Å². The van der Waals surface area contributed by atoms with Crippen LogP contribution < -0.4 is 0 Å². The summed E-state index contributed by atoms with van der Waals surface area (Å²) in [5, 5.41) is 0. The van der Waals surface area contributed by atoms with Crippen LogP contribution in [0, 0.1) is 0 Å². The summed E-state index contributed by atoms with van der Waals surface area (Å²) in [6.45, 7) is 6.06. The number of rotatable bonds is 7. The molecule has 0 aliphatic carbocycles. The summed E-state index contributed by atoms with van der Waals surface area (Å²) in [7, 11) is 0. The Balaban J connectivity index is 1.45. The zero-order valence-corrected chi connectivity index (χ0v) is 9.25. The third-order valence-electron chi connectivity index (χ3n) is 3.73. The second kappa shape index (κ2) is 2.84. The maximum atomic E-state index is 5.65. The van der Waals surface area contributed by atoms with E-state index in [9.17, 15) is 0 Å². The summed E-state index contributed by atoms with van der Waals surface area (Å²) in [4.78, 5) is 0. The Bertz CT molecular complexity index is 293. The first kappa shape index (κ1) is 9.82. The Morgan fingerprint density at radius 2 is 1.80 bits per heavy atom. The van der Waals surface area contributed by atoms with Crippen LogP contribution in [0.4, 0.5) is 0 Å². The van der Waals surface area contributed by atoms with Gasteiger partial charge in [-0.15, -0.1) is 6.58 Å². The van der Waals surface area contributed by atoms with Crippen molar-refractivity contribution in [2.75, 3.05) is 0 Å². The molecule has 0 radical (unpaired) electrons. The van der Waals surface area contributed by atoms with E-state index in [0.29, 0.717) is 0 Å². The standard InChI is InChI=1S/C12H18O3/c1-3-5-6-7-8-9-10(4-2)11-12(13-10,14-11)15-11/h4H,2-3,5-9H2,1H3. The first-order valence-electron chi connectivity index (χ1n) is 5.98. The lowest BCUT2D eigenvalue weighted by atomic mass is 9.88. The van der Waals surface area contributed by atoms with Crippen LogP contribution in [0.15, 0.2) is 12.7 Å². The van der Waals surface area contributed by atoms with E-state index in [4.69, 9.17) is 14.2 Å². The van der Waals surface area contributed by atoms with Crippen molar-refractivity contribution < 1.29 is 14.2 Å². The van der Waals surface area contributed by atoms with Gasteiger partial charge in [0.1, 0.15) is 0 Å². The lowest BCUT2D eigenvalue weighted by Gasteiger charge is -2.29. The van der Waals surface area contributed by atoms with E-state index in [2.05, 4.69) is 13.5 Å². The predicted octanol–water partition coefficient (Wildman–Crippen LogP) is 2.71. The molecule has 3 saturated heterocycles. The van der Waals surface area contributed by atoms with Gasteiger partial charge in [-0.05, 0) is 6.42 Å². The van der Waals surface area contributed by atoms with E-state index in [1.807, 2.05) is 6.08 Å². The highest BCUT2D eigenvalue weighted by Crippen LogP contribution is 2.84. The SMILES string of the molecule is C=CC1(CCCCCCC)OC23OC12O3. The summed E-state index contributed by atoms with van der Waals surface area (Å²) in [6, 6.07) is 0. The van der Waals surface area contributed by atoms with E-state index >= 15 is 0 Å². The van der Waals surface area contributed by atoms with Crippen molar-refractivity contribution >= 4 is 0 Å². The molecule has 15 heavy (non-hydrogen) atoms. The van der Waals surface area contributed by atoms with Crippen molar-refractivity contribution in [2.24, 2.45) is 0 Å². The van der Waals surface area contributed by atoms with E-state index in [1.165, 1.54) is 25.7 Å². The van der Waals surface area contributed by atoms with Gasteiger partial charge in [0.25, 0.3) is 5.79 Å². The Kier molecular flexibility index (Phi) is 1.86. The molecule has 1 unspecified atom stereocenters. The van der Waals surface area contributed by atoms with Crippen LogP contribution in [-0.4, -0.2) is 17.4 Å². The van der Waals surface area contributed by atoms with Gasteiger partial charge in [-0.3, -0.25) is 9.47 Å². The molecule has 84 valence electrons. The Hall–Kier alpha value is -0.380. The van der Waals surface area contributed by atoms with Crippen molar-refractivity contribution in [3.05, 3.63) is 12.7 Å². The minimum atomic E-state index is -0.607. The lowest BCUT2D eigenvalue weighted by molar-refractivity contribution is -0.158. The van der Waals surface area contributed by atoms with Gasteiger partial charge in [-0.25, -0.2) is 0 Å². The highest BCUT2D eigenvalue weighted by Gasteiger charge is 3.09. The van der Waals surface area contributed by atoms with E-state index in [1.54, 1.807) is 0 Å². The van der Waals surface area contributed by atoms with Gasteiger partial charge in [0.05, 0.1) is 0 Å². The molecule has 3 fully saturated rings. The predicted molar refractivity (Wildman–Crippen MR) is 55.0 cm³/mol. The molecular weight excluding hydrogens is 192 g/mol. The topological polar surface area (TPSA) is 34.3 Å². The second-order valence-corrected chi connectivity index (χ2v) is 4.74. The average Bonchev–Trinajstić information content (AvgIpc) is 2.92. The van der Waals surface area contributed by atoms with Crippen LogP contribution in [0.25, 0.3) is 0 Å².